The van der Waals surface area contributed by atoms with Gasteiger partial charge in [0.1, 0.15) is 0 Å². The molecule has 0 N–H and O–H groups in total. The van der Waals surface area contributed by atoms with Crippen LogP contribution in [0.3, 0.4) is 0 Å². The van der Waals surface area contributed by atoms with E-state index in [0.717, 1.165) is 41.3 Å². The molecule has 0 fully saturated rings. The van der Waals surface area contributed by atoms with Crippen LogP contribution < -0.4 is 9.80 Å². The van der Waals surface area contributed by atoms with E-state index >= 15 is 0 Å². The maximum absolute atomic E-state index is 2.47. The van der Waals surface area contributed by atoms with Crippen molar-refractivity contribution in [3.63, 3.8) is 0 Å². The Labute approximate surface area is 402 Å². The van der Waals surface area contributed by atoms with Gasteiger partial charge >= 0.3 is 0 Å². The fourth-order valence-corrected chi connectivity index (χ4v) is 10.4. The van der Waals surface area contributed by atoms with Crippen LogP contribution in [0.5, 0.6) is 0 Å². The van der Waals surface area contributed by atoms with Crippen molar-refractivity contribution in [2.45, 2.75) is 65.2 Å². The fourth-order valence-electron chi connectivity index (χ4n) is 10.4. The van der Waals surface area contributed by atoms with Crippen molar-refractivity contribution in [1.29, 1.82) is 0 Å². The average molecular weight is 879 g/mol. The lowest BCUT2D eigenvalue weighted by molar-refractivity contribution is 0.590. The lowest BCUT2D eigenvalue weighted by Gasteiger charge is -2.30. The first kappa shape index (κ1) is 42.9. The summed E-state index contributed by atoms with van der Waals surface area (Å²) < 4.78 is 0. The van der Waals surface area contributed by atoms with Gasteiger partial charge in [0.2, 0.25) is 0 Å². The van der Waals surface area contributed by atoms with Gasteiger partial charge in [-0.25, -0.2) is 0 Å². The van der Waals surface area contributed by atoms with Crippen molar-refractivity contribution >= 4 is 71.5 Å². The monoisotopic (exact) mass is 878 g/mol. The van der Waals surface area contributed by atoms with E-state index in [1.165, 1.54) is 82.2 Å². The van der Waals surface area contributed by atoms with E-state index in [1.807, 2.05) is 0 Å². The largest absolute Gasteiger partial charge is 0.311 e. The van der Waals surface area contributed by atoms with Gasteiger partial charge in [-0.05, 0) is 167 Å². The summed E-state index contributed by atoms with van der Waals surface area (Å²) in [4.78, 5) is 4.87. The molecule has 2 nitrogen and oxygen atoms in total. The molecule has 332 valence electrons. The lowest BCUT2D eigenvalue weighted by Crippen LogP contribution is -2.17. The number of nitrogens with zero attached hydrogens (tertiary/aromatic N) is 2. The summed E-state index contributed by atoms with van der Waals surface area (Å²) in [6.45, 7) is 13.7. The van der Waals surface area contributed by atoms with Crippen molar-refractivity contribution in [1.82, 2.24) is 0 Å². The highest BCUT2D eigenvalue weighted by atomic mass is 15.1. The Kier molecular flexibility index (Phi) is 10.9. The van der Waals surface area contributed by atoms with Crippen molar-refractivity contribution in [3.05, 3.63) is 235 Å². The minimum atomic E-state index is 0.0450. The molecule has 10 aromatic rings. The molecule has 0 radical (unpaired) electrons. The number of anilines is 5. The van der Waals surface area contributed by atoms with E-state index in [2.05, 4.69) is 270 Å². The highest BCUT2D eigenvalue weighted by molar-refractivity contribution is 6.26. The molecule has 68 heavy (non-hydrogen) atoms. The van der Waals surface area contributed by atoms with Crippen LogP contribution in [0.15, 0.2) is 224 Å². The Morgan fingerprint density at radius 1 is 0.338 bits per heavy atom. The highest BCUT2D eigenvalue weighted by Crippen LogP contribution is 2.50. The minimum absolute atomic E-state index is 0.0450. The Morgan fingerprint density at radius 3 is 1.25 bits per heavy atom. The van der Waals surface area contributed by atoms with Gasteiger partial charge in [0.15, 0.2) is 0 Å². The van der Waals surface area contributed by atoms with Crippen molar-refractivity contribution in [3.8, 4) is 22.3 Å². The predicted molar refractivity (Wildman–Crippen MR) is 294 cm³/mol. The Hall–Kier alpha value is -7.68. The highest BCUT2D eigenvalue weighted by Gasteiger charge is 2.25. The average Bonchev–Trinajstić information content (AvgIpc) is 3.36. The second-order valence-corrected chi connectivity index (χ2v) is 20.5. The van der Waals surface area contributed by atoms with Crippen LogP contribution in [0.2, 0.25) is 0 Å². The molecule has 1 aliphatic rings. The summed E-state index contributed by atoms with van der Waals surface area (Å²) in [5.74, 6) is 0. The summed E-state index contributed by atoms with van der Waals surface area (Å²) in [6, 6.07) is 74.9. The van der Waals surface area contributed by atoms with E-state index in [4.69, 9.17) is 0 Å². The quantitative estimate of drug-likeness (QED) is 0.140. The topological polar surface area (TPSA) is 6.48 Å². The number of fused-ring (bicyclic) bond motifs is 4. The zero-order valence-electron chi connectivity index (χ0n) is 40.1. The summed E-state index contributed by atoms with van der Waals surface area (Å²) >= 11 is 0. The third-order valence-electron chi connectivity index (χ3n) is 13.9. The normalized spacial score (nSPS) is 13.1. The second-order valence-electron chi connectivity index (χ2n) is 20.5. The third kappa shape index (κ3) is 7.84. The number of hydrogen-bond acceptors (Lipinski definition) is 2. The van der Waals surface area contributed by atoms with Crippen molar-refractivity contribution < 1.29 is 0 Å². The molecule has 0 heterocycles. The standard InChI is InChI=1S/C66H58N2/c1-65(2,3)47-31-35-51(36-32-47)67(49-23-9-7-10-24-49)53-39-41-59-61(43-53)63(57-29-17-21-45-19-13-15-27-55(45)57)60-42-40-54(44-62(60)64(59)58-30-18-22-46-20-14-16-28-56(46)58)68(50-25-11-8-12-26-50)52-37-33-48(34-38-52)66(4,5)6/h7,9-11,13-44H,8,12H2,1-6H3. The molecule has 2 heteroatoms. The Balaban J connectivity index is 1.25. The van der Waals surface area contributed by atoms with Gasteiger partial charge in [-0.1, -0.05) is 193 Å². The van der Waals surface area contributed by atoms with Crippen LogP contribution in [0.25, 0.3) is 65.3 Å². The molecule has 0 atom stereocenters. The number of benzene rings is 10. The first-order valence-corrected chi connectivity index (χ1v) is 24.2. The van der Waals surface area contributed by atoms with Crippen molar-refractivity contribution in [2.75, 3.05) is 9.80 Å². The van der Waals surface area contributed by atoms with E-state index in [9.17, 15) is 0 Å². The SMILES string of the molecule is CC(C)(C)c1ccc(N(C2=CCCC=C2)c2ccc3c(-c4cccc5ccccc45)c4cc(N(c5ccccc5)c5ccc(C(C)(C)C)cc5)ccc4c(-c4cccc5ccccc45)c3c2)cc1. The fraction of sp³-hybridized carbons (Fsp3) is 0.152. The second kappa shape index (κ2) is 17.2. The molecular weight excluding hydrogens is 821 g/mol. The number of para-hydroxylation sites is 1. The zero-order chi connectivity index (χ0) is 46.6. The number of hydrogen-bond donors (Lipinski definition) is 0. The van der Waals surface area contributed by atoms with Crippen molar-refractivity contribution in [2.24, 2.45) is 0 Å². The zero-order valence-corrected chi connectivity index (χ0v) is 40.1. The summed E-state index contributed by atoms with van der Waals surface area (Å²) in [7, 11) is 0. The van der Waals surface area contributed by atoms with Crippen LogP contribution in [0, 0.1) is 0 Å². The Bertz CT molecular complexity index is 3550. The molecule has 0 saturated carbocycles. The van der Waals surface area contributed by atoms with Crippen LogP contribution in [0.1, 0.15) is 65.5 Å². The van der Waals surface area contributed by atoms with Gasteiger partial charge in [-0.2, -0.15) is 0 Å². The minimum Gasteiger partial charge on any atom is -0.311 e. The predicted octanol–water partition coefficient (Wildman–Crippen LogP) is 19.1. The van der Waals surface area contributed by atoms with Crippen LogP contribution >= 0.6 is 0 Å². The van der Waals surface area contributed by atoms with E-state index in [-0.39, 0.29) is 10.8 Å². The lowest BCUT2D eigenvalue weighted by atomic mass is 9.83. The maximum Gasteiger partial charge on any atom is 0.0468 e. The van der Waals surface area contributed by atoms with Gasteiger partial charge < -0.3 is 9.80 Å². The molecule has 0 aromatic heterocycles. The number of rotatable bonds is 8. The third-order valence-corrected chi connectivity index (χ3v) is 13.9. The molecule has 1 aliphatic carbocycles. The first-order valence-electron chi connectivity index (χ1n) is 24.2. The van der Waals surface area contributed by atoms with Gasteiger partial charge in [-0.15, -0.1) is 0 Å². The van der Waals surface area contributed by atoms with Gasteiger partial charge in [0.25, 0.3) is 0 Å². The molecular formula is C66H58N2. The number of allylic oxidation sites excluding steroid dienone is 3. The summed E-state index contributed by atoms with van der Waals surface area (Å²) in [6.07, 6.45) is 9.07. The van der Waals surface area contributed by atoms with E-state index in [0.29, 0.717) is 0 Å². The van der Waals surface area contributed by atoms with Crippen LogP contribution in [0.4, 0.5) is 28.4 Å². The van der Waals surface area contributed by atoms with Gasteiger partial charge in [0.05, 0.1) is 0 Å². The molecule has 11 rings (SSSR count). The first-order chi connectivity index (χ1) is 33.0. The molecule has 0 spiro atoms. The molecule has 0 saturated heterocycles. The van der Waals surface area contributed by atoms with Gasteiger partial charge in [-0.3, -0.25) is 0 Å². The van der Waals surface area contributed by atoms with Gasteiger partial charge in [0, 0.05) is 34.1 Å². The smallest absolute Gasteiger partial charge is 0.0468 e. The van der Waals surface area contributed by atoms with E-state index < -0.39 is 0 Å². The molecule has 10 aromatic carbocycles. The van der Waals surface area contributed by atoms with Crippen LogP contribution in [-0.4, -0.2) is 0 Å². The van der Waals surface area contributed by atoms with Crippen LogP contribution in [-0.2, 0) is 10.8 Å². The molecule has 0 amide bonds. The van der Waals surface area contributed by atoms with E-state index in [1.54, 1.807) is 0 Å². The molecule has 0 unspecified atom stereocenters. The Morgan fingerprint density at radius 2 is 0.765 bits per heavy atom. The molecule has 0 aliphatic heterocycles. The maximum atomic E-state index is 2.47. The summed E-state index contributed by atoms with van der Waals surface area (Å²) in [5, 5.41) is 9.79. The summed E-state index contributed by atoms with van der Waals surface area (Å²) in [5.41, 5.74) is 14.5. The molecule has 0 bridgehead atoms.